The average Bonchev–Trinajstić information content (AvgIpc) is 2.70. The molecule has 0 spiro atoms. The first-order valence-electron chi connectivity index (χ1n) is 6.52. The maximum absolute atomic E-state index is 11.7. The van der Waals surface area contributed by atoms with Crippen LogP contribution in [0.5, 0.6) is 0 Å². The monoisotopic (exact) mass is 408 g/mol. The third kappa shape index (κ3) is 7.85. The maximum Gasteiger partial charge on any atom is 0.480 e. The fourth-order valence-corrected chi connectivity index (χ4v) is 5.87. The Bertz CT molecular complexity index is 621. The minimum absolute atomic E-state index is 0.291. The molecule has 6 N–H and O–H groups in total. The van der Waals surface area contributed by atoms with E-state index in [1.54, 1.807) is 6.92 Å². The fraction of sp³-hybridized carbons (Fsp3) is 0.778. The van der Waals surface area contributed by atoms with Gasteiger partial charge in [0.1, 0.15) is 6.10 Å². The number of phosphoric ester groups is 1. The van der Waals surface area contributed by atoms with Crippen molar-refractivity contribution >= 4 is 23.2 Å². The zero-order valence-corrected chi connectivity index (χ0v) is 15.2. The van der Waals surface area contributed by atoms with E-state index in [2.05, 4.69) is 8.83 Å². The highest BCUT2D eigenvalue weighted by Crippen LogP contribution is 2.61. The van der Waals surface area contributed by atoms with Gasteiger partial charge in [-0.15, -0.1) is 11.3 Å². The fourth-order valence-electron chi connectivity index (χ4n) is 1.80. The first kappa shape index (κ1) is 21.9. The second kappa shape index (κ2) is 8.52. The molecule has 15 heteroatoms. The van der Waals surface area contributed by atoms with Crippen LogP contribution < -0.4 is 9.95 Å². The van der Waals surface area contributed by atoms with Crippen LogP contribution in [0.15, 0.2) is 0 Å². The molecule has 12 nitrogen and oxygen atoms in total. The molecule has 0 bridgehead atoms. The van der Waals surface area contributed by atoms with Gasteiger partial charge >= 0.3 is 23.2 Å². The second-order valence-electron chi connectivity index (χ2n) is 4.87. The van der Waals surface area contributed by atoms with Gasteiger partial charge in [0.2, 0.25) is 0 Å². The Morgan fingerprint density at radius 2 is 1.96 bits per heavy atom. The molecule has 0 aromatic rings. The molecule has 1 fully saturated rings. The van der Waals surface area contributed by atoms with Crippen LogP contribution in [0.3, 0.4) is 0 Å². The quantitative estimate of drug-likeness (QED) is 0.216. The number of hydrogen-bond donors (Lipinski definition) is 6. The summed E-state index contributed by atoms with van der Waals surface area (Å²) in [5.74, 6) is 1.96. The Morgan fingerprint density at radius 3 is 2.46 bits per heavy atom. The maximum atomic E-state index is 11.7. The van der Waals surface area contributed by atoms with E-state index in [4.69, 9.17) is 11.2 Å². The number of ether oxygens (including phenoxy) is 1. The highest BCUT2D eigenvalue weighted by Gasteiger charge is 2.40. The van der Waals surface area contributed by atoms with E-state index in [1.807, 2.05) is 11.0 Å². The lowest BCUT2D eigenvalue weighted by Gasteiger charge is -2.21. The van der Waals surface area contributed by atoms with Crippen molar-refractivity contribution in [1.29, 1.82) is 0 Å². The highest BCUT2D eigenvalue weighted by molar-refractivity contribution is 7.72. The molecule has 1 rings (SSSR count). The van der Waals surface area contributed by atoms with Crippen LogP contribution in [0.2, 0.25) is 0 Å². The van der Waals surface area contributed by atoms with Crippen molar-refractivity contribution in [2.75, 3.05) is 13.2 Å². The molecule has 0 aromatic heterocycles. The van der Waals surface area contributed by atoms with Gasteiger partial charge in [0.15, 0.2) is 0 Å². The number of hydrogen-bond acceptors (Lipinski definition) is 7. The zero-order chi connectivity index (χ0) is 18.6. The topological polar surface area (TPSA) is 184 Å². The van der Waals surface area contributed by atoms with Crippen molar-refractivity contribution in [2.24, 2.45) is 0 Å². The molecule has 1 saturated heterocycles. The summed E-state index contributed by atoms with van der Waals surface area (Å²) in [4.78, 5) is 29.4. The Morgan fingerprint density at radius 1 is 1.33 bits per heavy atom. The van der Waals surface area contributed by atoms with Gasteiger partial charge in [0, 0.05) is 6.42 Å². The Kier molecular flexibility index (Phi) is 7.78. The van der Waals surface area contributed by atoms with E-state index >= 15 is 0 Å². The molecule has 1 heterocycles. The molecule has 0 aromatic carbocycles. The molecular formula is C9H19N2O10P3. The summed E-state index contributed by atoms with van der Waals surface area (Å²) in [5.41, 5.74) is 0. The van der Waals surface area contributed by atoms with Crippen LogP contribution in [-0.2, 0) is 27.3 Å². The van der Waals surface area contributed by atoms with Crippen LogP contribution in [0.25, 0.3) is 0 Å². The summed E-state index contributed by atoms with van der Waals surface area (Å²) in [5, 5.41) is 11.4. The molecule has 0 amide bonds. The minimum atomic E-state index is -5.20. The van der Waals surface area contributed by atoms with E-state index in [-0.39, 0.29) is 6.10 Å². The zero-order valence-electron chi connectivity index (χ0n) is 12.5. The summed E-state index contributed by atoms with van der Waals surface area (Å²) in [6, 6.07) is 0. The van der Waals surface area contributed by atoms with E-state index in [0.717, 1.165) is 0 Å². The van der Waals surface area contributed by atoms with Gasteiger partial charge in [-0.1, -0.05) is 5.92 Å². The third-order valence-corrected chi connectivity index (χ3v) is 7.55. The predicted molar refractivity (Wildman–Crippen MR) is 81.4 cm³/mol. The Balaban J connectivity index is 2.58. The molecule has 0 radical (unpaired) electrons. The standard InChI is InChI=1S/C9H19N2O10P3/c1-3-4-10-22(13,14)11-23(15,16)21-24(17,18)19-6-9-8(12)5-7(2)20-9/h1,7-9,12H,4-6H2,2H3,(H,17,18)(H4,10,11,13,14,15,16)/t7-,8+,9+/m0/s1. The number of phosphoric acid groups is 1. The van der Waals surface area contributed by atoms with Crippen molar-refractivity contribution in [3.63, 3.8) is 0 Å². The lowest BCUT2D eigenvalue weighted by molar-refractivity contribution is -0.0164. The third-order valence-electron chi connectivity index (χ3n) is 2.68. The molecule has 24 heavy (non-hydrogen) atoms. The molecular weight excluding hydrogens is 389 g/mol. The first-order valence-corrected chi connectivity index (χ1v) is 11.2. The van der Waals surface area contributed by atoms with Gasteiger partial charge in [-0.2, -0.15) is 4.31 Å². The van der Waals surface area contributed by atoms with Gasteiger partial charge < -0.3 is 24.5 Å². The molecule has 1 aliphatic heterocycles. The van der Waals surface area contributed by atoms with Crippen molar-refractivity contribution in [1.82, 2.24) is 9.95 Å². The van der Waals surface area contributed by atoms with E-state index < -0.39 is 48.6 Å². The highest BCUT2D eigenvalue weighted by atomic mass is 31.3. The van der Waals surface area contributed by atoms with Crippen molar-refractivity contribution in [3.8, 4) is 12.3 Å². The van der Waals surface area contributed by atoms with E-state index in [0.29, 0.717) is 6.42 Å². The molecule has 6 atom stereocenters. The first-order chi connectivity index (χ1) is 10.9. The predicted octanol–water partition coefficient (Wildman–Crippen LogP) is -0.329. The van der Waals surface area contributed by atoms with Crippen LogP contribution in [0, 0.1) is 12.3 Å². The van der Waals surface area contributed by atoms with Crippen LogP contribution in [0.1, 0.15) is 13.3 Å². The summed E-state index contributed by atoms with van der Waals surface area (Å²) in [7, 11) is -14.9. The van der Waals surface area contributed by atoms with Gasteiger partial charge in [-0.3, -0.25) is 9.09 Å². The number of aliphatic hydroxyl groups excluding tert-OH is 1. The molecule has 0 saturated carbocycles. The Labute approximate surface area is 138 Å². The summed E-state index contributed by atoms with van der Waals surface area (Å²) in [6.07, 6.45) is 2.99. The average molecular weight is 408 g/mol. The van der Waals surface area contributed by atoms with Crippen molar-refractivity contribution < 1.29 is 47.1 Å². The van der Waals surface area contributed by atoms with Crippen molar-refractivity contribution in [3.05, 3.63) is 0 Å². The van der Waals surface area contributed by atoms with E-state index in [9.17, 15) is 33.5 Å². The number of aliphatic hydroxyl groups is 1. The van der Waals surface area contributed by atoms with Crippen LogP contribution >= 0.6 is 23.2 Å². The minimum Gasteiger partial charge on any atom is -0.390 e. The number of rotatable bonds is 9. The second-order valence-corrected chi connectivity index (χ2v) is 10.0. The van der Waals surface area contributed by atoms with Crippen LogP contribution in [0.4, 0.5) is 0 Å². The van der Waals surface area contributed by atoms with Gasteiger partial charge in [0.25, 0.3) is 0 Å². The largest absolute Gasteiger partial charge is 0.480 e. The Hall–Kier alpha value is -0.110. The van der Waals surface area contributed by atoms with Gasteiger partial charge in [-0.25, -0.2) is 14.2 Å². The lowest BCUT2D eigenvalue weighted by Crippen LogP contribution is -2.26. The summed E-state index contributed by atoms with van der Waals surface area (Å²) < 4.78 is 48.4. The lowest BCUT2D eigenvalue weighted by atomic mass is 10.1. The SMILES string of the molecule is C#CCNP(=O)(O)NP(=O)(O)OP(=O)(O)OC[C@H]1O[C@@H](C)C[C@H]1O. The summed E-state index contributed by atoms with van der Waals surface area (Å²) in [6.45, 7) is 0.667. The van der Waals surface area contributed by atoms with Crippen molar-refractivity contribution in [2.45, 2.75) is 31.7 Å². The van der Waals surface area contributed by atoms with Crippen LogP contribution in [-0.4, -0.2) is 51.3 Å². The molecule has 1 aliphatic rings. The number of terminal acetylenes is 1. The summed E-state index contributed by atoms with van der Waals surface area (Å²) >= 11 is 0. The molecule has 140 valence electrons. The van der Waals surface area contributed by atoms with E-state index in [1.165, 1.54) is 4.86 Å². The molecule has 0 aliphatic carbocycles. The molecule has 3 unspecified atom stereocenters. The van der Waals surface area contributed by atoms with Gasteiger partial charge in [-0.05, 0) is 6.92 Å². The smallest absolute Gasteiger partial charge is 0.390 e. The normalized spacial score (nSPS) is 31.6. The number of nitrogens with one attached hydrogen (secondary N) is 2. The van der Waals surface area contributed by atoms with Gasteiger partial charge in [0.05, 0.1) is 25.4 Å².